The maximum atomic E-state index is 13.7. The first-order valence-electron chi connectivity index (χ1n) is 5.60. The van der Waals surface area contributed by atoms with Crippen molar-refractivity contribution in [1.29, 1.82) is 0 Å². The molecule has 1 fully saturated rings. The van der Waals surface area contributed by atoms with Crippen molar-refractivity contribution in [1.82, 2.24) is 5.32 Å². The van der Waals surface area contributed by atoms with E-state index in [0.29, 0.717) is 5.56 Å². The van der Waals surface area contributed by atoms with Crippen LogP contribution >= 0.6 is 11.6 Å². The van der Waals surface area contributed by atoms with E-state index in [1.54, 1.807) is 0 Å². The molecule has 1 saturated heterocycles. The van der Waals surface area contributed by atoms with Crippen molar-refractivity contribution in [3.63, 3.8) is 0 Å². The molecule has 17 heavy (non-hydrogen) atoms. The zero-order valence-electron chi connectivity index (χ0n) is 9.53. The standard InChI is InChI=1S/C12H14ClF2NO/c1-17-12-7(9-4-2-3-5-16-9)6-8(13)10(14)11(12)15/h6,9,16H,2-5H2,1H3. The summed E-state index contributed by atoms with van der Waals surface area (Å²) in [6.45, 7) is 0.866. The average Bonchev–Trinajstić information content (AvgIpc) is 2.36. The van der Waals surface area contributed by atoms with E-state index in [0.717, 1.165) is 25.8 Å². The molecule has 1 unspecified atom stereocenters. The number of hydrogen-bond acceptors (Lipinski definition) is 2. The first kappa shape index (κ1) is 12.6. The van der Waals surface area contributed by atoms with Crippen LogP contribution in [-0.2, 0) is 0 Å². The lowest BCUT2D eigenvalue weighted by Crippen LogP contribution is -2.27. The fraction of sp³-hybridized carbons (Fsp3) is 0.500. The van der Waals surface area contributed by atoms with Crippen molar-refractivity contribution in [2.45, 2.75) is 25.3 Å². The van der Waals surface area contributed by atoms with Gasteiger partial charge in [-0.3, -0.25) is 0 Å². The van der Waals surface area contributed by atoms with E-state index >= 15 is 0 Å². The first-order valence-corrected chi connectivity index (χ1v) is 5.97. The molecule has 1 N–H and O–H groups in total. The van der Waals surface area contributed by atoms with E-state index in [4.69, 9.17) is 16.3 Å². The highest BCUT2D eigenvalue weighted by molar-refractivity contribution is 6.30. The van der Waals surface area contributed by atoms with Crippen LogP contribution in [-0.4, -0.2) is 13.7 Å². The quantitative estimate of drug-likeness (QED) is 0.824. The van der Waals surface area contributed by atoms with E-state index in [1.807, 2.05) is 0 Å². The summed E-state index contributed by atoms with van der Waals surface area (Å²) >= 11 is 5.67. The molecule has 0 saturated carbocycles. The predicted octanol–water partition coefficient (Wildman–Crippen LogP) is 3.44. The molecular weight excluding hydrogens is 248 g/mol. The summed E-state index contributed by atoms with van der Waals surface area (Å²) in [5, 5.41) is 3.05. The van der Waals surface area contributed by atoms with Crippen LogP contribution < -0.4 is 10.1 Å². The molecule has 0 spiro atoms. The van der Waals surface area contributed by atoms with Gasteiger partial charge < -0.3 is 10.1 Å². The minimum atomic E-state index is -1.05. The molecule has 0 amide bonds. The van der Waals surface area contributed by atoms with E-state index in [-0.39, 0.29) is 16.8 Å². The molecule has 0 aromatic heterocycles. The van der Waals surface area contributed by atoms with Crippen molar-refractivity contribution in [3.05, 3.63) is 28.3 Å². The van der Waals surface area contributed by atoms with Gasteiger partial charge in [0.1, 0.15) is 0 Å². The normalized spacial score (nSPS) is 20.4. The van der Waals surface area contributed by atoms with Gasteiger partial charge in [0.15, 0.2) is 11.6 Å². The zero-order chi connectivity index (χ0) is 12.4. The molecule has 1 heterocycles. The molecule has 1 aromatic rings. The minimum absolute atomic E-state index is 0.0219. The van der Waals surface area contributed by atoms with Crippen molar-refractivity contribution >= 4 is 11.6 Å². The van der Waals surface area contributed by atoms with Gasteiger partial charge in [-0.15, -0.1) is 0 Å². The summed E-state index contributed by atoms with van der Waals surface area (Å²) in [4.78, 5) is 0. The number of ether oxygens (including phenoxy) is 1. The Bertz CT molecular complexity index is 419. The molecule has 2 rings (SSSR count). The van der Waals surface area contributed by atoms with Crippen LogP contribution in [0.15, 0.2) is 6.07 Å². The highest BCUT2D eigenvalue weighted by Crippen LogP contribution is 2.36. The fourth-order valence-corrected chi connectivity index (χ4v) is 2.38. The smallest absolute Gasteiger partial charge is 0.202 e. The Balaban J connectivity index is 2.44. The van der Waals surface area contributed by atoms with Crippen LogP contribution in [0.1, 0.15) is 30.9 Å². The van der Waals surface area contributed by atoms with E-state index in [2.05, 4.69) is 5.32 Å². The molecule has 0 radical (unpaired) electrons. The number of benzene rings is 1. The van der Waals surface area contributed by atoms with Gasteiger partial charge in [-0.1, -0.05) is 18.0 Å². The average molecular weight is 262 g/mol. The molecule has 1 aliphatic heterocycles. The summed E-state index contributed by atoms with van der Waals surface area (Å²) in [5.74, 6) is -2.11. The number of nitrogens with one attached hydrogen (secondary N) is 1. The Morgan fingerprint density at radius 1 is 1.35 bits per heavy atom. The highest BCUT2D eigenvalue weighted by atomic mass is 35.5. The van der Waals surface area contributed by atoms with Gasteiger partial charge in [0, 0.05) is 11.6 Å². The molecule has 0 bridgehead atoms. The predicted molar refractivity (Wildman–Crippen MR) is 62.5 cm³/mol. The Kier molecular flexibility index (Phi) is 3.84. The lowest BCUT2D eigenvalue weighted by molar-refractivity contribution is 0.346. The van der Waals surface area contributed by atoms with Crippen LogP contribution in [0.4, 0.5) is 8.78 Å². The largest absolute Gasteiger partial charge is 0.493 e. The van der Waals surface area contributed by atoms with Gasteiger partial charge in [-0.25, -0.2) is 4.39 Å². The topological polar surface area (TPSA) is 21.3 Å². The molecule has 1 aromatic carbocycles. The molecule has 94 valence electrons. The number of piperidine rings is 1. The zero-order valence-corrected chi connectivity index (χ0v) is 10.3. The van der Waals surface area contributed by atoms with Crippen molar-refractivity contribution in [3.8, 4) is 5.75 Å². The van der Waals surface area contributed by atoms with Crippen molar-refractivity contribution < 1.29 is 13.5 Å². The van der Waals surface area contributed by atoms with Crippen LogP contribution in [0.25, 0.3) is 0 Å². The van der Waals surface area contributed by atoms with Gasteiger partial charge in [-0.2, -0.15) is 4.39 Å². The van der Waals surface area contributed by atoms with Crippen LogP contribution in [0.2, 0.25) is 5.02 Å². The molecule has 1 aliphatic rings. The van der Waals surface area contributed by atoms with Gasteiger partial charge in [0.05, 0.1) is 12.1 Å². The van der Waals surface area contributed by atoms with Crippen molar-refractivity contribution in [2.24, 2.45) is 0 Å². The van der Waals surface area contributed by atoms with E-state index in [1.165, 1.54) is 13.2 Å². The fourth-order valence-electron chi connectivity index (χ4n) is 2.18. The minimum Gasteiger partial charge on any atom is -0.493 e. The summed E-state index contributed by atoms with van der Waals surface area (Å²) < 4.78 is 31.9. The number of rotatable bonds is 2. The first-order chi connectivity index (χ1) is 8.15. The molecule has 5 heteroatoms. The maximum absolute atomic E-state index is 13.7. The SMILES string of the molecule is COc1c(C2CCCCN2)cc(Cl)c(F)c1F. The third-order valence-corrected chi connectivity index (χ3v) is 3.31. The second-order valence-corrected chi connectivity index (χ2v) is 4.52. The summed E-state index contributed by atoms with van der Waals surface area (Å²) in [5.41, 5.74) is 0.594. The Labute approximate surface area is 104 Å². The van der Waals surface area contributed by atoms with Gasteiger partial charge in [0.25, 0.3) is 0 Å². The molecule has 1 atom stereocenters. The van der Waals surface area contributed by atoms with Gasteiger partial charge in [-0.05, 0) is 25.5 Å². The second kappa shape index (κ2) is 5.19. The lowest BCUT2D eigenvalue weighted by atomic mass is 9.96. The van der Waals surface area contributed by atoms with Crippen LogP contribution in [0.5, 0.6) is 5.75 Å². The highest BCUT2D eigenvalue weighted by Gasteiger charge is 2.24. The van der Waals surface area contributed by atoms with Crippen molar-refractivity contribution in [2.75, 3.05) is 13.7 Å². The lowest BCUT2D eigenvalue weighted by Gasteiger charge is -2.25. The van der Waals surface area contributed by atoms with Crippen LogP contribution in [0, 0.1) is 11.6 Å². The molecular formula is C12H14ClF2NO. The third-order valence-electron chi connectivity index (χ3n) is 3.04. The Morgan fingerprint density at radius 2 is 2.12 bits per heavy atom. The second-order valence-electron chi connectivity index (χ2n) is 4.11. The Hall–Kier alpha value is -0.870. The van der Waals surface area contributed by atoms with Gasteiger partial charge in [0.2, 0.25) is 5.82 Å². The number of hydrogen-bond donors (Lipinski definition) is 1. The molecule has 2 nitrogen and oxygen atoms in total. The summed E-state index contributed by atoms with van der Waals surface area (Å²) in [6.07, 6.45) is 3.02. The van der Waals surface area contributed by atoms with Gasteiger partial charge >= 0.3 is 0 Å². The van der Waals surface area contributed by atoms with E-state index < -0.39 is 11.6 Å². The monoisotopic (exact) mass is 261 g/mol. The molecule has 0 aliphatic carbocycles. The summed E-state index contributed by atoms with van der Waals surface area (Å²) in [6, 6.07) is 1.42. The number of halogens is 3. The Morgan fingerprint density at radius 3 is 2.71 bits per heavy atom. The third kappa shape index (κ3) is 2.38. The van der Waals surface area contributed by atoms with E-state index in [9.17, 15) is 8.78 Å². The summed E-state index contributed by atoms with van der Waals surface area (Å²) in [7, 11) is 1.33. The van der Waals surface area contributed by atoms with Crippen LogP contribution in [0.3, 0.4) is 0 Å². The number of methoxy groups -OCH3 is 1. The maximum Gasteiger partial charge on any atom is 0.202 e.